The third-order valence-electron chi connectivity index (χ3n) is 4.21. The molecule has 160 valence electrons. The predicted octanol–water partition coefficient (Wildman–Crippen LogP) is 2.30. The first kappa shape index (κ1) is 21.8. The smallest absolute Gasteiger partial charge is 0.201 e. The summed E-state index contributed by atoms with van der Waals surface area (Å²) >= 11 is 1.45. The second-order valence-corrected chi connectivity index (χ2v) is 7.05. The molecule has 0 radical (unpaired) electrons. The Morgan fingerprint density at radius 3 is 2.55 bits per heavy atom. The largest absolute Gasteiger partial charge is 0.487 e. The van der Waals surface area contributed by atoms with Crippen molar-refractivity contribution in [2.75, 3.05) is 70.8 Å². The molecule has 3 rings (SSSR count). The Morgan fingerprint density at radius 2 is 1.79 bits per heavy atom. The van der Waals surface area contributed by atoms with E-state index < -0.39 is 11.6 Å². The Bertz CT molecular complexity index is 772. The summed E-state index contributed by atoms with van der Waals surface area (Å²) in [4.78, 5) is 6.69. The zero-order chi connectivity index (χ0) is 20.5. The van der Waals surface area contributed by atoms with Crippen molar-refractivity contribution in [3.8, 4) is 17.0 Å². The van der Waals surface area contributed by atoms with Crippen molar-refractivity contribution < 1.29 is 27.7 Å². The number of nitrogens with zero attached hydrogens (tertiary/aromatic N) is 2. The molecule has 0 amide bonds. The summed E-state index contributed by atoms with van der Waals surface area (Å²) in [7, 11) is 0. The van der Waals surface area contributed by atoms with E-state index in [0.717, 1.165) is 24.3 Å². The van der Waals surface area contributed by atoms with Crippen LogP contribution in [0.5, 0.6) is 5.75 Å². The highest BCUT2D eigenvalue weighted by atomic mass is 32.1. The zero-order valence-corrected chi connectivity index (χ0v) is 16.9. The molecule has 0 aliphatic carbocycles. The molecule has 1 saturated heterocycles. The van der Waals surface area contributed by atoms with E-state index in [0.29, 0.717) is 50.8 Å². The molecule has 10 heteroatoms. The SMILES string of the molecule is NCCOCCOCCOc1c(-c2csc(N3CCOCC3)n2)ccc(F)c1F. The number of thiazole rings is 1. The highest BCUT2D eigenvalue weighted by Crippen LogP contribution is 2.36. The van der Waals surface area contributed by atoms with Gasteiger partial charge in [-0.05, 0) is 12.1 Å². The first-order chi connectivity index (χ1) is 14.2. The molecule has 0 atom stereocenters. The lowest BCUT2D eigenvalue weighted by molar-refractivity contribution is 0.0383. The highest BCUT2D eigenvalue weighted by molar-refractivity contribution is 7.14. The molecule has 2 N–H and O–H groups in total. The summed E-state index contributed by atoms with van der Waals surface area (Å²) in [5.74, 6) is -2.16. The van der Waals surface area contributed by atoms with Crippen LogP contribution >= 0.6 is 11.3 Å². The number of morpholine rings is 1. The normalized spacial score (nSPS) is 14.4. The lowest BCUT2D eigenvalue weighted by Gasteiger charge is -2.26. The molecular formula is C19H25F2N3O4S. The van der Waals surface area contributed by atoms with Gasteiger partial charge in [0.2, 0.25) is 5.82 Å². The van der Waals surface area contributed by atoms with E-state index in [1.165, 1.54) is 17.4 Å². The van der Waals surface area contributed by atoms with Gasteiger partial charge in [-0.25, -0.2) is 9.37 Å². The number of anilines is 1. The zero-order valence-electron chi connectivity index (χ0n) is 16.1. The molecule has 0 saturated carbocycles. The topological polar surface area (TPSA) is 79.1 Å². The van der Waals surface area contributed by atoms with Gasteiger partial charge in [0, 0.05) is 30.6 Å². The first-order valence-electron chi connectivity index (χ1n) is 9.45. The number of halogens is 2. The monoisotopic (exact) mass is 429 g/mol. The maximum Gasteiger partial charge on any atom is 0.201 e. The first-order valence-corrected chi connectivity index (χ1v) is 10.3. The van der Waals surface area contributed by atoms with Gasteiger partial charge >= 0.3 is 0 Å². The van der Waals surface area contributed by atoms with Gasteiger partial charge in [-0.15, -0.1) is 11.3 Å². The van der Waals surface area contributed by atoms with Crippen LogP contribution in [0.3, 0.4) is 0 Å². The second kappa shape index (κ2) is 11.4. The van der Waals surface area contributed by atoms with E-state index in [-0.39, 0.29) is 19.0 Å². The third kappa shape index (κ3) is 6.06. The van der Waals surface area contributed by atoms with Gasteiger partial charge < -0.3 is 29.6 Å². The molecule has 0 bridgehead atoms. The Hall–Kier alpha value is -1.85. The summed E-state index contributed by atoms with van der Waals surface area (Å²) < 4.78 is 49.6. The summed E-state index contributed by atoms with van der Waals surface area (Å²) in [5, 5.41) is 2.63. The van der Waals surface area contributed by atoms with Gasteiger partial charge in [-0.3, -0.25) is 0 Å². The van der Waals surface area contributed by atoms with Crippen molar-refractivity contribution in [2.24, 2.45) is 5.73 Å². The van der Waals surface area contributed by atoms with E-state index >= 15 is 0 Å². The number of benzene rings is 1. The van der Waals surface area contributed by atoms with Crippen LogP contribution in [0.4, 0.5) is 13.9 Å². The van der Waals surface area contributed by atoms with Crippen molar-refractivity contribution in [1.29, 1.82) is 0 Å². The van der Waals surface area contributed by atoms with Crippen LogP contribution in [0.1, 0.15) is 0 Å². The van der Waals surface area contributed by atoms with Crippen molar-refractivity contribution in [3.63, 3.8) is 0 Å². The molecule has 1 aromatic heterocycles. The molecule has 2 heterocycles. The molecule has 7 nitrogen and oxygen atoms in total. The van der Waals surface area contributed by atoms with Gasteiger partial charge in [0.05, 0.1) is 45.3 Å². The fourth-order valence-corrected chi connectivity index (χ4v) is 3.65. The molecular weight excluding hydrogens is 404 g/mol. The van der Waals surface area contributed by atoms with Crippen LogP contribution < -0.4 is 15.4 Å². The van der Waals surface area contributed by atoms with Crippen LogP contribution in [0.2, 0.25) is 0 Å². The third-order valence-corrected chi connectivity index (χ3v) is 5.11. The van der Waals surface area contributed by atoms with Gasteiger partial charge in [-0.2, -0.15) is 4.39 Å². The summed E-state index contributed by atoms with van der Waals surface area (Å²) in [6.07, 6.45) is 0. The Labute approximate surface area is 172 Å². The maximum atomic E-state index is 14.4. The summed E-state index contributed by atoms with van der Waals surface area (Å²) in [6.45, 7) is 4.80. The minimum atomic E-state index is -1.03. The van der Waals surface area contributed by atoms with Gasteiger partial charge in [0.1, 0.15) is 6.61 Å². The Kier molecular flexibility index (Phi) is 8.56. The molecule has 1 aliphatic rings. The average Bonchev–Trinajstić information content (AvgIpc) is 3.23. The summed E-state index contributed by atoms with van der Waals surface area (Å²) in [5.41, 5.74) is 6.27. The molecule has 0 unspecified atom stereocenters. The average molecular weight is 429 g/mol. The lowest BCUT2D eigenvalue weighted by atomic mass is 10.1. The van der Waals surface area contributed by atoms with Crippen LogP contribution in [0.25, 0.3) is 11.3 Å². The van der Waals surface area contributed by atoms with E-state index in [9.17, 15) is 8.78 Å². The molecule has 2 aromatic rings. The van der Waals surface area contributed by atoms with E-state index in [2.05, 4.69) is 9.88 Å². The minimum absolute atomic E-state index is 0.0741. The minimum Gasteiger partial charge on any atom is -0.487 e. The van der Waals surface area contributed by atoms with Crippen molar-refractivity contribution in [1.82, 2.24) is 4.98 Å². The standard InChI is InChI=1S/C19H25F2N3O4S/c20-15-2-1-14(16-13-29-19(23-16)24-4-7-26-8-5-24)18(17(15)21)28-12-11-27-10-9-25-6-3-22/h1-2,13H,3-12,22H2. The molecule has 1 fully saturated rings. The van der Waals surface area contributed by atoms with E-state index in [1.54, 1.807) is 0 Å². The number of aromatic nitrogens is 1. The number of nitrogens with two attached hydrogens (primary N) is 1. The molecule has 29 heavy (non-hydrogen) atoms. The van der Waals surface area contributed by atoms with Crippen LogP contribution in [-0.4, -0.2) is 70.9 Å². The number of ether oxygens (including phenoxy) is 4. The Balaban J connectivity index is 1.62. The van der Waals surface area contributed by atoms with Gasteiger partial charge in [0.25, 0.3) is 0 Å². The van der Waals surface area contributed by atoms with E-state index in [1.807, 2.05) is 5.38 Å². The highest BCUT2D eigenvalue weighted by Gasteiger charge is 2.20. The number of hydrogen-bond donors (Lipinski definition) is 1. The van der Waals surface area contributed by atoms with Gasteiger partial charge in [-0.1, -0.05) is 0 Å². The van der Waals surface area contributed by atoms with E-state index in [4.69, 9.17) is 24.7 Å². The van der Waals surface area contributed by atoms with Crippen LogP contribution in [0.15, 0.2) is 17.5 Å². The lowest BCUT2D eigenvalue weighted by Crippen LogP contribution is -2.36. The number of rotatable bonds is 11. The summed E-state index contributed by atoms with van der Waals surface area (Å²) in [6, 6.07) is 2.56. The maximum absolute atomic E-state index is 14.4. The quantitative estimate of drug-likeness (QED) is 0.549. The molecule has 0 spiro atoms. The molecule has 1 aliphatic heterocycles. The molecule has 1 aromatic carbocycles. The number of hydrogen-bond acceptors (Lipinski definition) is 8. The second-order valence-electron chi connectivity index (χ2n) is 6.21. The van der Waals surface area contributed by atoms with Crippen LogP contribution in [0, 0.1) is 11.6 Å². The van der Waals surface area contributed by atoms with Crippen molar-refractivity contribution in [2.45, 2.75) is 0 Å². The van der Waals surface area contributed by atoms with Crippen molar-refractivity contribution >= 4 is 16.5 Å². The van der Waals surface area contributed by atoms with Gasteiger partial charge in [0.15, 0.2) is 16.7 Å². The predicted molar refractivity (Wildman–Crippen MR) is 107 cm³/mol. The van der Waals surface area contributed by atoms with Crippen molar-refractivity contribution in [3.05, 3.63) is 29.1 Å². The Morgan fingerprint density at radius 1 is 1.07 bits per heavy atom. The van der Waals surface area contributed by atoms with Crippen LogP contribution in [-0.2, 0) is 14.2 Å². The fourth-order valence-electron chi connectivity index (χ4n) is 2.77. The fraction of sp³-hybridized carbons (Fsp3) is 0.526.